The molecule has 0 saturated carbocycles. The number of urea groups is 1. The fourth-order valence-electron chi connectivity index (χ4n) is 2.13. The standard InChI is InChI=1S/C16H27N3O3/c1-5-19(6-2)11-7-10-17-16(20)18-13-8-9-14(21-3)15(12-13)22-4/h8-9,12H,5-7,10-11H2,1-4H3,(H2,17,18,20). The maximum atomic E-state index is 11.8. The van der Waals surface area contributed by atoms with E-state index in [9.17, 15) is 4.79 Å². The van der Waals surface area contributed by atoms with Crippen molar-refractivity contribution in [1.29, 1.82) is 0 Å². The summed E-state index contributed by atoms with van der Waals surface area (Å²) in [6.45, 7) is 7.99. The zero-order valence-electron chi connectivity index (χ0n) is 13.9. The number of carbonyl (C=O) groups is 1. The van der Waals surface area contributed by atoms with E-state index in [2.05, 4.69) is 29.4 Å². The molecule has 1 rings (SSSR count). The number of hydrogen-bond donors (Lipinski definition) is 2. The first kappa shape index (κ1) is 18.1. The predicted octanol–water partition coefficient (Wildman–Crippen LogP) is 2.56. The van der Waals surface area contributed by atoms with Crippen LogP contribution in [0.15, 0.2) is 18.2 Å². The van der Waals surface area contributed by atoms with Gasteiger partial charge in [-0.25, -0.2) is 4.79 Å². The predicted molar refractivity (Wildman–Crippen MR) is 89.0 cm³/mol. The number of benzene rings is 1. The Kier molecular flexibility index (Phi) is 8.14. The van der Waals surface area contributed by atoms with E-state index in [0.717, 1.165) is 26.1 Å². The van der Waals surface area contributed by atoms with Crippen LogP contribution in [-0.2, 0) is 0 Å². The zero-order valence-corrected chi connectivity index (χ0v) is 13.9. The van der Waals surface area contributed by atoms with E-state index < -0.39 is 0 Å². The van der Waals surface area contributed by atoms with E-state index in [1.165, 1.54) is 0 Å². The summed E-state index contributed by atoms with van der Waals surface area (Å²) in [5, 5.41) is 5.64. The van der Waals surface area contributed by atoms with Crippen molar-refractivity contribution < 1.29 is 14.3 Å². The van der Waals surface area contributed by atoms with Crippen molar-refractivity contribution in [2.45, 2.75) is 20.3 Å². The Morgan fingerprint density at radius 3 is 2.41 bits per heavy atom. The van der Waals surface area contributed by atoms with Gasteiger partial charge < -0.3 is 25.0 Å². The van der Waals surface area contributed by atoms with E-state index in [1.54, 1.807) is 32.4 Å². The summed E-state index contributed by atoms with van der Waals surface area (Å²) in [4.78, 5) is 14.2. The molecule has 0 saturated heterocycles. The number of rotatable bonds is 9. The quantitative estimate of drug-likeness (QED) is 0.688. The smallest absolute Gasteiger partial charge is 0.319 e. The summed E-state index contributed by atoms with van der Waals surface area (Å²) in [7, 11) is 3.14. The van der Waals surface area contributed by atoms with Gasteiger partial charge in [-0.2, -0.15) is 0 Å². The Bertz CT molecular complexity index is 462. The van der Waals surface area contributed by atoms with Gasteiger partial charge in [0, 0.05) is 18.3 Å². The highest BCUT2D eigenvalue weighted by molar-refractivity contribution is 5.89. The lowest BCUT2D eigenvalue weighted by Gasteiger charge is -2.17. The number of methoxy groups -OCH3 is 2. The summed E-state index contributed by atoms with van der Waals surface area (Å²) in [5.74, 6) is 1.22. The van der Waals surface area contributed by atoms with E-state index >= 15 is 0 Å². The first-order valence-electron chi connectivity index (χ1n) is 7.63. The third-order valence-corrected chi connectivity index (χ3v) is 3.47. The van der Waals surface area contributed by atoms with E-state index in [0.29, 0.717) is 23.7 Å². The number of amides is 2. The van der Waals surface area contributed by atoms with Crippen molar-refractivity contribution in [3.05, 3.63) is 18.2 Å². The molecule has 0 bridgehead atoms. The molecule has 1 aromatic rings. The van der Waals surface area contributed by atoms with Crippen LogP contribution in [0.4, 0.5) is 10.5 Å². The van der Waals surface area contributed by atoms with Gasteiger partial charge in [-0.05, 0) is 38.2 Å². The lowest BCUT2D eigenvalue weighted by molar-refractivity contribution is 0.250. The highest BCUT2D eigenvalue weighted by Crippen LogP contribution is 2.29. The lowest BCUT2D eigenvalue weighted by Crippen LogP contribution is -2.32. The summed E-state index contributed by atoms with van der Waals surface area (Å²) >= 11 is 0. The fourth-order valence-corrected chi connectivity index (χ4v) is 2.13. The minimum atomic E-state index is -0.216. The van der Waals surface area contributed by atoms with Gasteiger partial charge >= 0.3 is 6.03 Å². The van der Waals surface area contributed by atoms with Crippen molar-refractivity contribution in [3.63, 3.8) is 0 Å². The number of hydrogen-bond acceptors (Lipinski definition) is 4. The molecule has 0 unspecified atom stereocenters. The van der Waals surface area contributed by atoms with E-state index in [4.69, 9.17) is 9.47 Å². The van der Waals surface area contributed by atoms with E-state index in [-0.39, 0.29) is 6.03 Å². The topological polar surface area (TPSA) is 62.8 Å². The molecule has 2 amide bonds. The monoisotopic (exact) mass is 309 g/mol. The second kappa shape index (κ2) is 9.89. The van der Waals surface area contributed by atoms with Crippen molar-refractivity contribution >= 4 is 11.7 Å². The third-order valence-electron chi connectivity index (χ3n) is 3.47. The molecule has 0 aliphatic rings. The highest BCUT2D eigenvalue weighted by Gasteiger charge is 2.07. The molecule has 124 valence electrons. The average Bonchev–Trinajstić information content (AvgIpc) is 2.54. The second-order valence-electron chi connectivity index (χ2n) is 4.83. The van der Waals surface area contributed by atoms with Gasteiger partial charge in [-0.1, -0.05) is 13.8 Å². The molecule has 0 aromatic heterocycles. The van der Waals surface area contributed by atoms with Gasteiger partial charge in [0.15, 0.2) is 11.5 Å². The summed E-state index contributed by atoms with van der Waals surface area (Å²) in [6.07, 6.45) is 0.932. The minimum absolute atomic E-state index is 0.216. The minimum Gasteiger partial charge on any atom is -0.493 e. The van der Waals surface area contributed by atoms with Crippen LogP contribution >= 0.6 is 0 Å². The number of ether oxygens (including phenoxy) is 2. The molecule has 0 heterocycles. The van der Waals surface area contributed by atoms with Crippen LogP contribution in [0.1, 0.15) is 20.3 Å². The Morgan fingerprint density at radius 1 is 1.14 bits per heavy atom. The molecular formula is C16H27N3O3. The first-order valence-corrected chi connectivity index (χ1v) is 7.63. The largest absolute Gasteiger partial charge is 0.493 e. The molecule has 0 radical (unpaired) electrons. The molecule has 1 aromatic carbocycles. The maximum absolute atomic E-state index is 11.8. The first-order chi connectivity index (χ1) is 10.6. The van der Waals surface area contributed by atoms with Crippen LogP contribution in [0.3, 0.4) is 0 Å². The molecular weight excluding hydrogens is 282 g/mol. The van der Waals surface area contributed by atoms with Gasteiger partial charge in [0.2, 0.25) is 0 Å². The molecule has 22 heavy (non-hydrogen) atoms. The Balaban J connectivity index is 2.39. The molecule has 0 aliphatic carbocycles. The van der Waals surface area contributed by atoms with Crippen LogP contribution in [-0.4, -0.2) is 51.3 Å². The second-order valence-corrected chi connectivity index (χ2v) is 4.83. The molecule has 0 fully saturated rings. The van der Waals surface area contributed by atoms with Crippen LogP contribution < -0.4 is 20.1 Å². The van der Waals surface area contributed by atoms with Crippen molar-refractivity contribution in [1.82, 2.24) is 10.2 Å². The van der Waals surface area contributed by atoms with E-state index in [1.807, 2.05) is 0 Å². The number of nitrogens with one attached hydrogen (secondary N) is 2. The summed E-state index contributed by atoms with van der Waals surface area (Å²) in [6, 6.07) is 5.05. The number of nitrogens with zero attached hydrogens (tertiary/aromatic N) is 1. The molecule has 6 heteroatoms. The Morgan fingerprint density at radius 2 is 1.82 bits per heavy atom. The molecule has 0 atom stereocenters. The third kappa shape index (κ3) is 5.81. The molecule has 0 aliphatic heterocycles. The normalized spacial score (nSPS) is 10.4. The van der Waals surface area contributed by atoms with Gasteiger partial charge in [0.05, 0.1) is 14.2 Å². The van der Waals surface area contributed by atoms with Crippen LogP contribution in [0.2, 0.25) is 0 Å². The summed E-state index contributed by atoms with van der Waals surface area (Å²) in [5.41, 5.74) is 0.666. The number of anilines is 1. The zero-order chi connectivity index (χ0) is 16.4. The average molecular weight is 309 g/mol. The molecule has 0 spiro atoms. The molecule has 6 nitrogen and oxygen atoms in total. The lowest BCUT2D eigenvalue weighted by atomic mass is 10.3. The van der Waals surface area contributed by atoms with Crippen molar-refractivity contribution in [2.75, 3.05) is 45.7 Å². The summed E-state index contributed by atoms with van der Waals surface area (Å²) < 4.78 is 10.4. The van der Waals surface area contributed by atoms with Crippen LogP contribution in [0, 0.1) is 0 Å². The van der Waals surface area contributed by atoms with Gasteiger partial charge in [-0.3, -0.25) is 0 Å². The Hall–Kier alpha value is -1.95. The van der Waals surface area contributed by atoms with Gasteiger partial charge in [0.1, 0.15) is 0 Å². The van der Waals surface area contributed by atoms with Gasteiger partial charge in [0.25, 0.3) is 0 Å². The maximum Gasteiger partial charge on any atom is 0.319 e. The van der Waals surface area contributed by atoms with Crippen LogP contribution in [0.5, 0.6) is 11.5 Å². The highest BCUT2D eigenvalue weighted by atomic mass is 16.5. The SMILES string of the molecule is CCN(CC)CCCNC(=O)Nc1ccc(OC)c(OC)c1. The van der Waals surface area contributed by atoms with Crippen LogP contribution in [0.25, 0.3) is 0 Å². The Labute approximate surface area is 132 Å². The van der Waals surface area contributed by atoms with Crippen molar-refractivity contribution in [2.24, 2.45) is 0 Å². The molecule has 2 N–H and O–H groups in total. The van der Waals surface area contributed by atoms with Crippen molar-refractivity contribution in [3.8, 4) is 11.5 Å². The fraction of sp³-hybridized carbons (Fsp3) is 0.562. The number of carbonyl (C=O) groups excluding carboxylic acids is 1. The van der Waals surface area contributed by atoms with Gasteiger partial charge in [-0.15, -0.1) is 0 Å².